The van der Waals surface area contributed by atoms with Gasteiger partial charge < -0.3 is 15.4 Å². The number of sulfonamides is 1. The van der Waals surface area contributed by atoms with Gasteiger partial charge in [0.15, 0.2) is 0 Å². The van der Waals surface area contributed by atoms with Gasteiger partial charge in [-0.1, -0.05) is 36.4 Å². The number of aromatic nitrogens is 1. The second-order valence-electron chi connectivity index (χ2n) is 8.39. The molecule has 0 atom stereocenters. The molecule has 4 rings (SSSR count). The molecule has 0 saturated carbocycles. The van der Waals surface area contributed by atoms with E-state index in [-0.39, 0.29) is 22.7 Å². The van der Waals surface area contributed by atoms with Crippen LogP contribution < -0.4 is 19.7 Å². The number of pyridine rings is 1. The van der Waals surface area contributed by atoms with Crippen molar-refractivity contribution in [2.24, 2.45) is 0 Å². The van der Waals surface area contributed by atoms with Gasteiger partial charge in [0.25, 0.3) is 15.9 Å². The number of para-hydroxylation sites is 1. The van der Waals surface area contributed by atoms with Crippen LogP contribution in [0.3, 0.4) is 0 Å². The summed E-state index contributed by atoms with van der Waals surface area (Å²) >= 11 is 0. The summed E-state index contributed by atoms with van der Waals surface area (Å²) in [5.74, 6) is -0.431. The van der Waals surface area contributed by atoms with Crippen molar-refractivity contribution in [1.82, 2.24) is 10.3 Å². The molecule has 2 N–H and O–H groups in total. The molecule has 1 aromatic heterocycles. The van der Waals surface area contributed by atoms with Crippen molar-refractivity contribution in [2.45, 2.75) is 18.4 Å². The fourth-order valence-electron chi connectivity index (χ4n) is 3.80. The predicted molar refractivity (Wildman–Crippen MR) is 149 cm³/mol. The molecule has 0 spiro atoms. The van der Waals surface area contributed by atoms with E-state index in [1.54, 1.807) is 85.2 Å². The van der Waals surface area contributed by atoms with Gasteiger partial charge in [-0.15, -0.1) is 0 Å². The third kappa shape index (κ3) is 6.99. The highest BCUT2D eigenvalue weighted by Gasteiger charge is 2.27. The second kappa shape index (κ2) is 12.7. The lowest BCUT2D eigenvalue weighted by Crippen LogP contribution is -2.38. The van der Waals surface area contributed by atoms with Crippen LogP contribution in [0.2, 0.25) is 0 Å². The Kier molecular flexibility index (Phi) is 8.90. The predicted octanol–water partition coefficient (Wildman–Crippen LogP) is 4.24. The molecule has 10 heteroatoms. The van der Waals surface area contributed by atoms with Crippen LogP contribution in [0.5, 0.6) is 5.75 Å². The Morgan fingerprint density at radius 2 is 1.62 bits per heavy atom. The third-order valence-electron chi connectivity index (χ3n) is 5.68. The zero-order valence-electron chi connectivity index (χ0n) is 21.3. The van der Waals surface area contributed by atoms with E-state index >= 15 is 0 Å². The first kappa shape index (κ1) is 27.3. The van der Waals surface area contributed by atoms with Gasteiger partial charge >= 0.3 is 0 Å². The zero-order valence-corrected chi connectivity index (χ0v) is 22.1. The first-order valence-electron chi connectivity index (χ1n) is 12.2. The number of anilines is 2. The van der Waals surface area contributed by atoms with Crippen molar-refractivity contribution in [1.29, 1.82) is 0 Å². The molecule has 4 aromatic rings. The maximum atomic E-state index is 13.6. The van der Waals surface area contributed by atoms with E-state index < -0.39 is 28.4 Å². The molecule has 39 heavy (non-hydrogen) atoms. The molecule has 0 aliphatic rings. The van der Waals surface area contributed by atoms with Crippen LogP contribution in [-0.4, -0.2) is 38.4 Å². The van der Waals surface area contributed by atoms with Crippen LogP contribution >= 0.6 is 0 Å². The van der Waals surface area contributed by atoms with Crippen LogP contribution in [0, 0.1) is 0 Å². The number of nitrogens with zero attached hydrogens (tertiary/aromatic N) is 2. The van der Waals surface area contributed by atoms with Gasteiger partial charge in [-0.25, -0.2) is 8.42 Å². The number of hydrogen-bond donors (Lipinski definition) is 2. The van der Waals surface area contributed by atoms with E-state index in [1.807, 2.05) is 13.0 Å². The summed E-state index contributed by atoms with van der Waals surface area (Å²) in [4.78, 5) is 30.2. The standard InChI is InChI=1S/C29H28N4O5S/c1-2-38-24-16-14-23(15-17-24)33(39(36,37)25-10-4-3-5-11-25)21-28(34)32-27-13-7-6-12-26(27)29(35)31-20-22-9-8-18-30-19-22/h3-19H,2,20-21H2,1H3,(H,31,35)(H,32,34). The fraction of sp³-hybridized carbons (Fsp3) is 0.138. The van der Waals surface area contributed by atoms with Crippen molar-refractivity contribution >= 4 is 33.2 Å². The number of hydrogen-bond acceptors (Lipinski definition) is 6. The van der Waals surface area contributed by atoms with Crippen LogP contribution in [0.1, 0.15) is 22.8 Å². The lowest BCUT2D eigenvalue weighted by atomic mass is 10.1. The Hall–Kier alpha value is -4.70. The van der Waals surface area contributed by atoms with Gasteiger partial charge in [0.05, 0.1) is 28.4 Å². The molecule has 3 aromatic carbocycles. The minimum Gasteiger partial charge on any atom is -0.494 e. The number of benzene rings is 3. The molecular formula is C29H28N4O5S. The molecular weight excluding hydrogens is 516 g/mol. The Labute approximate surface area is 227 Å². The molecule has 1 heterocycles. The number of ether oxygens (including phenoxy) is 1. The first-order chi connectivity index (χ1) is 18.9. The van der Waals surface area contributed by atoms with Crippen LogP contribution in [0.15, 0.2) is 108 Å². The molecule has 0 unspecified atom stereocenters. The quantitative estimate of drug-likeness (QED) is 0.292. The largest absolute Gasteiger partial charge is 0.494 e. The highest BCUT2D eigenvalue weighted by molar-refractivity contribution is 7.92. The van der Waals surface area contributed by atoms with Crippen molar-refractivity contribution in [3.05, 3.63) is 115 Å². The number of rotatable bonds is 11. The minimum atomic E-state index is -4.09. The van der Waals surface area contributed by atoms with Crippen molar-refractivity contribution < 1.29 is 22.7 Å². The smallest absolute Gasteiger partial charge is 0.264 e. The number of carbonyl (C=O) groups excluding carboxylic acids is 2. The first-order valence-corrected chi connectivity index (χ1v) is 13.7. The van der Waals surface area contributed by atoms with Crippen LogP contribution in [0.4, 0.5) is 11.4 Å². The lowest BCUT2D eigenvalue weighted by molar-refractivity contribution is -0.114. The van der Waals surface area contributed by atoms with Gasteiger partial charge in [-0.3, -0.25) is 18.9 Å². The molecule has 0 aliphatic carbocycles. The lowest BCUT2D eigenvalue weighted by Gasteiger charge is -2.24. The van der Waals surface area contributed by atoms with Crippen molar-refractivity contribution in [3.8, 4) is 5.75 Å². The number of carbonyl (C=O) groups is 2. The van der Waals surface area contributed by atoms with E-state index in [0.29, 0.717) is 18.0 Å². The maximum Gasteiger partial charge on any atom is 0.264 e. The molecule has 9 nitrogen and oxygen atoms in total. The van der Waals surface area contributed by atoms with Gasteiger partial charge in [-0.05, 0) is 67.1 Å². The van der Waals surface area contributed by atoms with Gasteiger partial charge in [0, 0.05) is 18.9 Å². The third-order valence-corrected chi connectivity index (χ3v) is 7.46. The fourth-order valence-corrected chi connectivity index (χ4v) is 5.24. The highest BCUT2D eigenvalue weighted by Crippen LogP contribution is 2.26. The molecule has 0 radical (unpaired) electrons. The second-order valence-corrected chi connectivity index (χ2v) is 10.3. The van der Waals surface area contributed by atoms with E-state index in [1.165, 1.54) is 12.1 Å². The van der Waals surface area contributed by atoms with Crippen LogP contribution in [-0.2, 0) is 21.4 Å². The van der Waals surface area contributed by atoms with Gasteiger partial charge in [0.1, 0.15) is 12.3 Å². The molecule has 0 bridgehead atoms. The Balaban J connectivity index is 1.56. The van der Waals surface area contributed by atoms with E-state index in [4.69, 9.17) is 4.74 Å². The topological polar surface area (TPSA) is 118 Å². The van der Waals surface area contributed by atoms with Crippen molar-refractivity contribution in [3.63, 3.8) is 0 Å². The summed E-state index contributed by atoms with van der Waals surface area (Å²) in [5, 5.41) is 5.51. The SMILES string of the molecule is CCOc1ccc(N(CC(=O)Nc2ccccc2C(=O)NCc2cccnc2)S(=O)(=O)c2ccccc2)cc1. The Bertz CT molecular complexity index is 1510. The van der Waals surface area contributed by atoms with E-state index in [2.05, 4.69) is 15.6 Å². The van der Waals surface area contributed by atoms with Crippen molar-refractivity contribution in [2.75, 3.05) is 22.8 Å². The molecule has 200 valence electrons. The monoisotopic (exact) mass is 544 g/mol. The normalized spacial score (nSPS) is 10.9. The summed E-state index contributed by atoms with van der Waals surface area (Å²) in [7, 11) is -4.09. The van der Waals surface area contributed by atoms with Crippen LogP contribution in [0.25, 0.3) is 0 Å². The van der Waals surface area contributed by atoms with Gasteiger partial charge in [-0.2, -0.15) is 0 Å². The summed E-state index contributed by atoms with van der Waals surface area (Å²) in [6.45, 7) is 2.05. The summed E-state index contributed by atoms with van der Waals surface area (Å²) in [5.41, 5.74) is 1.62. The summed E-state index contributed by atoms with van der Waals surface area (Å²) in [6.07, 6.45) is 3.29. The summed E-state index contributed by atoms with van der Waals surface area (Å²) in [6, 6.07) is 24.5. The number of amides is 2. The average Bonchev–Trinajstić information content (AvgIpc) is 2.96. The van der Waals surface area contributed by atoms with E-state index in [9.17, 15) is 18.0 Å². The maximum absolute atomic E-state index is 13.6. The molecule has 2 amide bonds. The molecule has 0 aliphatic heterocycles. The average molecular weight is 545 g/mol. The Morgan fingerprint density at radius 3 is 2.31 bits per heavy atom. The Morgan fingerprint density at radius 1 is 0.897 bits per heavy atom. The van der Waals surface area contributed by atoms with E-state index in [0.717, 1.165) is 9.87 Å². The minimum absolute atomic E-state index is 0.0434. The zero-order chi connectivity index (χ0) is 27.7. The highest BCUT2D eigenvalue weighted by atomic mass is 32.2. The molecule has 0 fully saturated rings. The number of nitrogens with one attached hydrogen (secondary N) is 2. The molecule has 0 saturated heterocycles. The van der Waals surface area contributed by atoms with Gasteiger partial charge in [0.2, 0.25) is 5.91 Å². The summed E-state index contributed by atoms with van der Waals surface area (Å²) < 4.78 is 33.6.